The van der Waals surface area contributed by atoms with Crippen molar-refractivity contribution in [2.75, 3.05) is 12.5 Å². The maximum absolute atomic E-state index is 5.64. The molecule has 1 heterocycles. The minimum Gasteiger partial charge on any atom is -0.496 e. The highest BCUT2D eigenvalue weighted by atomic mass is 16.5. The molecule has 0 unspecified atom stereocenters. The van der Waals surface area contributed by atoms with Crippen molar-refractivity contribution in [2.24, 2.45) is 5.84 Å². The summed E-state index contributed by atoms with van der Waals surface area (Å²) in [5.41, 5.74) is 7.06. The quantitative estimate of drug-likeness (QED) is 0.669. The molecule has 2 aromatic rings. The van der Waals surface area contributed by atoms with E-state index in [2.05, 4.69) is 10.4 Å². The van der Waals surface area contributed by atoms with Gasteiger partial charge in [0.1, 0.15) is 11.6 Å². The summed E-state index contributed by atoms with van der Waals surface area (Å²) in [6.45, 7) is 2.02. The molecule has 1 aliphatic rings. The van der Waals surface area contributed by atoms with Gasteiger partial charge >= 0.3 is 0 Å². The topological polar surface area (TPSA) is 73.1 Å². The number of aryl methyl sites for hydroxylation is 2. The van der Waals surface area contributed by atoms with Crippen molar-refractivity contribution in [3.05, 3.63) is 35.0 Å². The molecular formula is C16H20N4O. The molecule has 0 aliphatic heterocycles. The molecule has 0 saturated carbocycles. The summed E-state index contributed by atoms with van der Waals surface area (Å²) in [4.78, 5) is 9.32. The van der Waals surface area contributed by atoms with Crippen molar-refractivity contribution in [1.82, 2.24) is 9.97 Å². The van der Waals surface area contributed by atoms with Gasteiger partial charge in [-0.2, -0.15) is 0 Å². The Morgan fingerprint density at radius 2 is 2.00 bits per heavy atom. The van der Waals surface area contributed by atoms with Gasteiger partial charge in [0, 0.05) is 16.8 Å². The number of nitrogens with one attached hydrogen (secondary N) is 1. The number of rotatable bonds is 3. The third-order valence-electron chi connectivity index (χ3n) is 3.97. The lowest BCUT2D eigenvalue weighted by Crippen LogP contribution is -2.17. The maximum Gasteiger partial charge on any atom is 0.161 e. The monoisotopic (exact) mass is 284 g/mol. The van der Waals surface area contributed by atoms with Crippen molar-refractivity contribution in [2.45, 2.75) is 32.6 Å². The van der Waals surface area contributed by atoms with E-state index in [-0.39, 0.29) is 0 Å². The average Bonchev–Trinajstić information content (AvgIpc) is 2.53. The number of hydrazine groups is 1. The summed E-state index contributed by atoms with van der Waals surface area (Å²) < 4.78 is 5.30. The third-order valence-corrected chi connectivity index (χ3v) is 3.97. The Morgan fingerprint density at radius 3 is 2.71 bits per heavy atom. The molecule has 0 bridgehead atoms. The Hall–Kier alpha value is -2.14. The summed E-state index contributed by atoms with van der Waals surface area (Å²) in [6.07, 6.45) is 4.34. The second kappa shape index (κ2) is 5.69. The summed E-state index contributed by atoms with van der Waals surface area (Å²) in [7, 11) is 1.67. The van der Waals surface area contributed by atoms with E-state index < -0.39 is 0 Å². The Kier molecular flexibility index (Phi) is 3.75. The van der Waals surface area contributed by atoms with Crippen LogP contribution in [0.25, 0.3) is 11.4 Å². The molecular weight excluding hydrogens is 264 g/mol. The fourth-order valence-electron chi connectivity index (χ4n) is 2.86. The van der Waals surface area contributed by atoms with Crippen LogP contribution in [-0.2, 0) is 12.8 Å². The molecule has 1 aromatic carbocycles. The fourth-order valence-corrected chi connectivity index (χ4v) is 2.86. The van der Waals surface area contributed by atoms with Gasteiger partial charge in [0.25, 0.3) is 0 Å². The molecule has 0 amide bonds. The highest BCUT2D eigenvalue weighted by molar-refractivity contribution is 5.62. The standard InChI is InChI=1S/C16H20N4O/c1-10-9-11(7-8-14(10)21-2)15-18-13-6-4-3-5-12(13)16(19-15)20-17/h7-9H,3-6,17H2,1-2H3,(H,18,19,20). The number of nitrogens with zero attached hydrogens (tertiary/aromatic N) is 2. The first-order chi connectivity index (χ1) is 10.2. The van der Waals surface area contributed by atoms with E-state index in [9.17, 15) is 0 Å². The molecule has 110 valence electrons. The van der Waals surface area contributed by atoms with Gasteiger partial charge < -0.3 is 10.2 Å². The number of ether oxygens (including phenoxy) is 1. The summed E-state index contributed by atoms with van der Waals surface area (Å²) >= 11 is 0. The number of methoxy groups -OCH3 is 1. The van der Waals surface area contributed by atoms with Crippen molar-refractivity contribution in [3.63, 3.8) is 0 Å². The number of benzene rings is 1. The van der Waals surface area contributed by atoms with Crippen LogP contribution < -0.4 is 16.0 Å². The molecule has 0 atom stereocenters. The number of nitrogens with two attached hydrogens (primary N) is 1. The highest BCUT2D eigenvalue weighted by Crippen LogP contribution is 2.29. The van der Waals surface area contributed by atoms with Crippen LogP contribution >= 0.6 is 0 Å². The molecule has 0 spiro atoms. The number of hydrogen-bond donors (Lipinski definition) is 2. The van der Waals surface area contributed by atoms with Crippen LogP contribution in [0.3, 0.4) is 0 Å². The van der Waals surface area contributed by atoms with Crippen LogP contribution in [0.4, 0.5) is 5.82 Å². The maximum atomic E-state index is 5.64. The summed E-state index contributed by atoms with van der Waals surface area (Å²) in [5, 5.41) is 0. The van der Waals surface area contributed by atoms with Crippen LogP contribution in [-0.4, -0.2) is 17.1 Å². The second-order valence-electron chi connectivity index (χ2n) is 5.36. The van der Waals surface area contributed by atoms with Gasteiger partial charge in [0.2, 0.25) is 0 Å². The molecule has 21 heavy (non-hydrogen) atoms. The first kappa shape index (κ1) is 13.8. The lowest BCUT2D eigenvalue weighted by atomic mass is 9.96. The third kappa shape index (κ3) is 2.56. The molecule has 1 aromatic heterocycles. The van der Waals surface area contributed by atoms with Gasteiger partial charge in [-0.05, 0) is 56.4 Å². The lowest BCUT2D eigenvalue weighted by molar-refractivity contribution is 0.412. The lowest BCUT2D eigenvalue weighted by Gasteiger charge is -2.18. The van der Waals surface area contributed by atoms with E-state index in [1.165, 1.54) is 12.8 Å². The normalized spacial score (nSPS) is 13.7. The average molecular weight is 284 g/mol. The zero-order chi connectivity index (χ0) is 14.8. The van der Waals surface area contributed by atoms with Crippen LogP contribution in [0.1, 0.15) is 29.7 Å². The molecule has 5 nitrogen and oxygen atoms in total. The Balaban J connectivity index is 2.08. The second-order valence-corrected chi connectivity index (χ2v) is 5.36. The van der Waals surface area contributed by atoms with Crippen molar-refractivity contribution >= 4 is 5.82 Å². The highest BCUT2D eigenvalue weighted by Gasteiger charge is 2.18. The number of anilines is 1. The summed E-state index contributed by atoms with van der Waals surface area (Å²) in [5.74, 6) is 7.98. The van der Waals surface area contributed by atoms with Gasteiger partial charge in [0.05, 0.1) is 7.11 Å². The minimum absolute atomic E-state index is 0.717. The zero-order valence-electron chi connectivity index (χ0n) is 12.4. The van der Waals surface area contributed by atoms with Crippen LogP contribution in [0.5, 0.6) is 5.75 Å². The molecule has 0 radical (unpaired) electrons. The van der Waals surface area contributed by atoms with Crippen LogP contribution in [0.15, 0.2) is 18.2 Å². The predicted molar refractivity (Wildman–Crippen MR) is 83.2 cm³/mol. The zero-order valence-corrected chi connectivity index (χ0v) is 12.4. The fraction of sp³-hybridized carbons (Fsp3) is 0.375. The molecule has 5 heteroatoms. The number of aromatic nitrogens is 2. The molecule has 1 aliphatic carbocycles. The van der Waals surface area contributed by atoms with Crippen LogP contribution in [0, 0.1) is 6.92 Å². The minimum atomic E-state index is 0.717. The van der Waals surface area contributed by atoms with E-state index >= 15 is 0 Å². The van der Waals surface area contributed by atoms with E-state index in [0.29, 0.717) is 5.82 Å². The van der Waals surface area contributed by atoms with Gasteiger partial charge in [-0.1, -0.05) is 0 Å². The molecule has 0 saturated heterocycles. The predicted octanol–water partition coefficient (Wildman–Crippen LogP) is 2.63. The number of fused-ring (bicyclic) bond motifs is 1. The number of hydrogen-bond acceptors (Lipinski definition) is 5. The van der Waals surface area contributed by atoms with Crippen molar-refractivity contribution in [1.29, 1.82) is 0 Å². The Morgan fingerprint density at radius 1 is 1.19 bits per heavy atom. The van der Waals surface area contributed by atoms with E-state index in [1.807, 2.05) is 25.1 Å². The van der Waals surface area contributed by atoms with Crippen molar-refractivity contribution in [3.8, 4) is 17.1 Å². The Labute approximate surface area is 124 Å². The van der Waals surface area contributed by atoms with Gasteiger partial charge in [-0.3, -0.25) is 0 Å². The number of nitrogen functional groups attached to an aromatic ring is 1. The molecule has 3 rings (SSSR count). The van der Waals surface area contributed by atoms with E-state index in [1.54, 1.807) is 7.11 Å². The van der Waals surface area contributed by atoms with Gasteiger partial charge in [-0.25, -0.2) is 15.8 Å². The van der Waals surface area contributed by atoms with E-state index in [4.69, 9.17) is 15.6 Å². The van der Waals surface area contributed by atoms with E-state index in [0.717, 1.165) is 46.8 Å². The SMILES string of the molecule is COc1ccc(-c2nc3c(c(NN)n2)CCCC3)cc1C. The Bertz CT molecular complexity index is 652. The van der Waals surface area contributed by atoms with Gasteiger partial charge in [0.15, 0.2) is 5.82 Å². The largest absolute Gasteiger partial charge is 0.496 e. The first-order valence-corrected chi connectivity index (χ1v) is 7.24. The van der Waals surface area contributed by atoms with Gasteiger partial charge in [-0.15, -0.1) is 0 Å². The summed E-state index contributed by atoms with van der Waals surface area (Å²) in [6, 6.07) is 5.98. The molecule has 0 fully saturated rings. The molecule has 3 N–H and O–H groups in total. The first-order valence-electron chi connectivity index (χ1n) is 7.24. The van der Waals surface area contributed by atoms with Crippen molar-refractivity contribution < 1.29 is 4.74 Å². The van der Waals surface area contributed by atoms with Crippen LogP contribution in [0.2, 0.25) is 0 Å². The smallest absolute Gasteiger partial charge is 0.161 e.